The molecule has 37 heavy (non-hydrogen) atoms. The molecule has 0 bridgehead atoms. The zero-order chi connectivity index (χ0) is 26.5. The third kappa shape index (κ3) is 24.0. The van der Waals surface area contributed by atoms with Crippen LogP contribution in [0.15, 0.2) is 24.5 Å². The maximum Gasteiger partial charge on any atom is 0.169 e. The summed E-state index contributed by atoms with van der Waals surface area (Å²) in [7, 11) is 0. The molecule has 1 aromatic rings. The second kappa shape index (κ2) is 28.2. The van der Waals surface area contributed by atoms with E-state index in [1.54, 1.807) is 0 Å². The second-order valence-electron chi connectivity index (χ2n) is 12.0. The van der Waals surface area contributed by atoms with Crippen LogP contribution in [0, 0.1) is 0 Å². The van der Waals surface area contributed by atoms with E-state index in [0.29, 0.717) is 0 Å². The standard InChI is InChI=1S/C36H68N/c1-3-5-7-9-11-13-15-16-17-18-19-21-23-25-27-29-33-37-34-31-36(32-35-37)30-28-26-24-22-20-14-12-10-8-6-4-2/h31-32,34-35H,3-30,33H2,1-2H3/q+1. The van der Waals surface area contributed by atoms with Crippen molar-refractivity contribution in [1.29, 1.82) is 0 Å². The van der Waals surface area contributed by atoms with Crippen molar-refractivity contribution in [3.8, 4) is 0 Å². The summed E-state index contributed by atoms with van der Waals surface area (Å²) in [5.41, 5.74) is 1.53. The Kier molecular flexibility index (Phi) is 26.0. The SMILES string of the molecule is CCCCCCCCCCCCCCCCCC[n+]1ccc(CCCCCCCCCCCCC)cc1. The van der Waals surface area contributed by atoms with Gasteiger partial charge in [-0.15, -0.1) is 0 Å². The van der Waals surface area contributed by atoms with Crippen LogP contribution in [0.1, 0.15) is 193 Å². The molecule has 0 aromatic carbocycles. The highest BCUT2D eigenvalue weighted by atomic mass is 14.9. The lowest BCUT2D eigenvalue weighted by atomic mass is 10.0. The molecule has 1 nitrogen and oxygen atoms in total. The van der Waals surface area contributed by atoms with Crippen molar-refractivity contribution in [2.24, 2.45) is 0 Å². The second-order valence-corrected chi connectivity index (χ2v) is 12.0. The van der Waals surface area contributed by atoms with Crippen LogP contribution < -0.4 is 4.57 Å². The number of pyridine rings is 1. The number of unbranched alkanes of at least 4 members (excludes halogenated alkanes) is 25. The van der Waals surface area contributed by atoms with Crippen LogP contribution in [0.25, 0.3) is 0 Å². The maximum absolute atomic E-state index is 2.40. The highest BCUT2D eigenvalue weighted by Gasteiger charge is 2.02. The fourth-order valence-electron chi connectivity index (χ4n) is 5.64. The Morgan fingerprint density at radius 2 is 0.676 bits per heavy atom. The molecule has 0 unspecified atom stereocenters. The zero-order valence-electron chi connectivity index (χ0n) is 25.8. The molecule has 1 heteroatoms. The van der Waals surface area contributed by atoms with Gasteiger partial charge < -0.3 is 0 Å². The Hall–Kier alpha value is -0.850. The first kappa shape index (κ1) is 34.2. The van der Waals surface area contributed by atoms with Crippen LogP contribution in [-0.2, 0) is 13.0 Å². The van der Waals surface area contributed by atoms with E-state index in [0.717, 1.165) is 0 Å². The topological polar surface area (TPSA) is 3.88 Å². The molecule has 0 saturated carbocycles. The van der Waals surface area contributed by atoms with Crippen molar-refractivity contribution in [1.82, 2.24) is 0 Å². The van der Waals surface area contributed by atoms with Crippen molar-refractivity contribution < 1.29 is 4.57 Å². The van der Waals surface area contributed by atoms with E-state index < -0.39 is 0 Å². The van der Waals surface area contributed by atoms with Gasteiger partial charge in [0.1, 0.15) is 6.54 Å². The van der Waals surface area contributed by atoms with E-state index in [2.05, 4.69) is 42.9 Å². The molecule has 0 radical (unpaired) electrons. The first-order valence-corrected chi connectivity index (χ1v) is 17.3. The number of hydrogen-bond donors (Lipinski definition) is 0. The Labute approximate surface area is 234 Å². The summed E-state index contributed by atoms with van der Waals surface area (Å²) in [5, 5.41) is 0. The van der Waals surface area contributed by atoms with Gasteiger partial charge in [-0.1, -0.05) is 168 Å². The smallest absolute Gasteiger partial charge is 0.169 e. The summed E-state index contributed by atoms with van der Waals surface area (Å²) in [4.78, 5) is 0. The van der Waals surface area contributed by atoms with Crippen LogP contribution in [0.3, 0.4) is 0 Å². The monoisotopic (exact) mass is 515 g/mol. The van der Waals surface area contributed by atoms with Gasteiger partial charge in [-0.3, -0.25) is 0 Å². The largest absolute Gasteiger partial charge is 0.205 e. The van der Waals surface area contributed by atoms with Crippen molar-refractivity contribution >= 4 is 0 Å². The average molecular weight is 515 g/mol. The van der Waals surface area contributed by atoms with E-state index in [-0.39, 0.29) is 0 Å². The van der Waals surface area contributed by atoms with Crippen LogP contribution in [0.2, 0.25) is 0 Å². The van der Waals surface area contributed by atoms with Crippen molar-refractivity contribution in [2.75, 3.05) is 0 Å². The van der Waals surface area contributed by atoms with Crippen molar-refractivity contribution in [3.05, 3.63) is 30.1 Å². The molecule has 0 aliphatic heterocycles. The van der Waals surface area contributed by atoms with Gasteiger partial charge in [-0.2, -0.15) is 0 Å². The summed E-state index contributed by atoms with van der Waals surface area (Å²) in [6.45, 7) is 5.80. The molecule has 0 spiro atoms. The minimum Gasteiger partial charge on any atom is -0.205 e. The first-order chi connectivity index (χ1) is 18.4. The highest BCUT2D eigenvalue weighted by Crippen LogP contribution is 2.14. The Balaban J connectivity index is 1.83. The van der Waals surface area contributed by atoms with Gasteiger partial charge in [0.05, 0.1) is 0 Å². The molecular formula is C36H68N+. The minimum atomic E-state index is 1.19. The quantitative estimate of drug-likeness (QED) is 0.0739. The lowest BCUT2D eigenvalue weighted by molar-refractivity contribution is -0.697. The van der Waals surface area contributed by atoms with Gasteiger partial charge in [-0.25, -0.2) is 4.57 Å². The summed E-state index contributed by atoms with van der Waals surface area (Å²) >= 11 is 0. The predicted octanol–water partition coefficient (Wildman–Crippen LogP) is 12.1. The van der Waals surface area contributed by atoms with Crippen molar-refractivity contribution in [3.63, 3.8) is 0 Å². The molecule has 1 aromatic heterocycles. The molecule has 0 atom stereocenters. The van der Waals surface area contributed by atoms with Crippen LogP contribution >= 0.6 is 0 Å². The van der Waals surface area contributed by atoms with Gasteiger partial charge >= 0.3 is 0 Å². The number of aromatic nitrogens is 1. The van der Waals surface area contributed by atoms with Crippen LogP contribution in [-0.4, -0.2) is 0 Å². The van der Waals surface area contributed by atoms with Crippen molar-refractivity contribution in [2.45, 2.75) is 200 Å². The molecule has 216 valence electrons. The Morgan fingerprint density at radius 1 is 0.378 bits per heavy atom. The summed E-state index contributed by atoms with van der Waals surface area (Å²) in [6.07, 6.45) is 44.7. The van der Waals surface area contributed by atoms with Gasteiger partial charge in [0.2, 0.25) is 0 Å². The zero-order valence-corrected chi connectivity index (χ0v) is 25.8. The lowest BCUT2D eigenvalue weighted by Gasteiger charge is -2.04. The summed E-state index contributed by atoms with van der Waals surface area (Å²) in [5.74, 6) is 0. The fraction of sp³-hybridized carbons (Fsp3) is 0.861. The number of rotatable bonds is 29. The Bertz CT molecular complexity index is 548. The van der Waals surface area contributed by atoms with E-state index in [9.17, 15) is 0 Å². The molecule has 0 aliphatic carbocycles. The summed E-state index contributed by atoms with van der Waals surface area (Å²) < 4.78 is 2.40. The fourth-order valence-corrected chi connectivity index (χ4v) is 5.64. The number of hydrogen-bond acceptors (Lipinski definition) is 0. The molecule has 0 saturated heterocycles. The normalized spacial score (nSPS) is 11.4. The summed E-state index contributed by atoms with van der Waals surface area (Å²) in [6, 6.07) is 4.73. The number of aryl methyl sites for hydroxylation is 2. The minimum absolute atomic E-state index is 1.19. The maximum atomic E-state index is 2.40. The Morgan fingerprint density at radius 3 is 1.03 bits per heavy atom. The molecule has 0 fully saturated rings. The van der Waals surface area contributed by atoms with Crippen LogP contribution in [0.5, 0.6) is 0 Å². The molecule has 0 aliphatic rings. The lowest BCUT2D eigenvalue weighted by Crippen LogP contribution is -2.32. The third-order valence-corrected chi connectivity index (χ3v) is 8.30. The third-order valence-electron chi connectivity index (χ3n) is 8.30. The molecule has 0 amide bonds. The molecular weight excluding hydrogens is 446 g/mol. The van der Waals surface area contributed by atoms with Gasteiger partial charge in [0.15, 0.2) is 12.4 Å². The van der Waals surface area contributed by atoms with Gasteiger partial charge in [0.25, 0.3) is 0 Å². The number of nitrogens with zero attached hydrogens (tertiary/aromatic N) is 1. The van der Waals surface area contributed by atoms with Crippen LogP contribution in [0.4, 0.5) is 0 Å². The van der Waals surface area contributed by atoms with E-state index in [1.807, 2.05) is 0 Å². The first-order valence-electron chi connectivity index (χ1n) is 17.3. The van der Waals surface area contributed by atoms with E-state index in [1.165, 1.54) is 192 Å². The van der Waals surface area contributed by atoms with E-state index in [4.69, 9.17) is 0 Å². The highest BCUT2D eigenvalue weighted by molar-refractivity contribution is 5.07. The van der Waals surface area contributed by atoms with Gasteiger partial charge in [-0.05, 0) is 24.8 Å². The van der Waals surface area contributed by atoms with E-state index >= 15 is 0 Å². The van der Waals surface area contributed by atoms with Gasteiger partial charge in [0, 0.05) is 18.6 Å². The molecule has 1 rings (SSSR count). The molecule has 0 N–H and O–H groups in total. The molecule has 1 heterocycles. The average Bonchev–Trinajstić information content (AvgIpc) is 2.92. The predicted molar refractivity (Wildman–Crippen MR) is 166 cm³/mol.